The quantitative estimate of drug-likeness (QED) is 0.634. The van der Waals surface area contributed by atoms with E-state index < -0.39 is 10.8 Å². The number of rotatable bonds is 5. The molecule has 8 heteroatoms. The molecule has 0 saturated carbocycles. The van der Waals surface area contributed by atoms with Crippen LogP contribution in [0, 0.1) is 10.1 Å². The number of carbonyl (C=O) groups excluding carboxylic acids is 1. The van der Waals surface area contributed by atoms with E-state index in [0.717, 1.165) is 5.56 Å². The molecule has 0 aromatic heterocycles. The van der Waals surface area contributed by atoms with Gasteiger partial charge in [0.15, 0.2) is 11.5 Å². The Morgan fingerprint density at radius 2 is 2.20 bits per heavy atom. The third kappa shape index (κ3) is 3.32. The molecule has 1 heterocycles. The molecule has 2 aromatic rings. The fourth-order valence-electron chi connectivity index (χ4n) is 2.83. The fourth-order valence-corrected chi connectivity index (χ4v) is 2.83. The molecule has 1 aliphatic heterocycles. The third-order valence-electron chi connectivity index (χ3n) is 4.01. The van der Waals surface area contributed by atoms with Crippen molar-refractivity contribution in [2.45, 2.75) is 12.5 Å². The number of para-hydroxylation sites is 1. The van der Waals surface area contributed by atoms with Crippen LogP contribution in [0.25, 0.3) is 0 Å². The first kappa shape index (κ1) is 16.6. The summed E-state index contributed by atoms with van der Waals surface area (Å²) in [5.41, 5.74) is 6.35. The predicted octanol–water partition coefficient (Wildman–Crippen LogP) is 2.12. The highest BCUT2D eigenvalue weighted by Crippen LogP contribution is 2.36. The minimum atomic E-state index is -0.711. The van der Waals surface area contributed by atoms with Crippen molar-refractivity contribution in [1.29, 1.82) is 0 Å². The van der Waals surface area contributed by atoms with Crippen LogP contribution < -0.4 is 20.5 Å². The number of nitrogens with zero attached hydrogens (tertiary/aromatic N) is 1. The molecular formula is C17H17N3O5. The van der Waals surface area contributed by atoms with Gasteiger partial charge in [0.05, 0.1) is 18.1 Å². The number of fused-ring (bicyclic) bond motifs is 1. The van der Waals surface area contributed by atoms with E-state index >= 15 is 0 Å². The Kier molecular flexibility index (Phi) is 4.42. The van der Waals surface area contributed by atoms with Gasteiger partial charge in [-0.25, -0.2) is 0 Å². The number of anilines is 1. The third-order valence-corrected chi connectivity index (χ3v) is 4.01. The lowest BCUT2D eigenvalue weighted by atomic mass is 10.0. The molecule has 25 heavy (non-hydrogen) atoms. The predicted molar refractivity (Wildman–Crippen MR) is 91.2 cm³/mol. The van der Waals surface area contributed by atoms with Crippen LogP contribution in [0.2, 0.25) is 0 Å². The number of nitro benzene ring substituents is 1. The molecule has 0 radical (unpaired) electrons. The Labute approximate surface area is 143 Å². The molecule has 0 spiro atoms. The van der Waals surface area contributed by atoms with E-state index in [1.54, 1.807) is 7.11 Å². The molecule has 3 N–H and O–H groups in total. The highest BCUT2D eigenvalue weighted by molar-refractivity contribution is 5.94. The zero-order valence-corrected chi connectivity index (χ0v) is 13.5. The van der Waals surface area contributed by atoms with E-state index in [9.17, 15) is 14.9 Å². The van der Waals surface area contributed by atoms with Gasteiger partial charge in [-0.1, -0.05) is 12.1 Å². The Hall–Kier alpha value is -3.29. The summed E-state index contributed by atoms with van der Waals surface area (Å²) in [4.78, 5) is 22.0. The van der Waals surface area contributed by atoms with Gasteiger partial charge in [0.25, 0.3) is 5.69 Å². The minimum absolute atomic E-state index is 0.0900. The smallest absolute Gasteiger partial charge is 0.293 e. The van der Waals surface area contributed by atoms with Gasteiger partial charge < -0.3 is 20.5 Å². The number of hydrogen-bond acceptors (Lipinski definition) is 6. The Bertz CT molecular complexity index is 837. The highest BCUT2D eigenvalue weighted by atomic mass is 16.6. The van der Waals surface area contributed by atoms with Gasteiger partial charge in [-0.05, 0) is 24.6 Å². The number of hydrogen-bond donors (Lipinski definition) is 2. The molecule has 0 saturated heterocycles. The van der Waals surface area contributed by atoms with E-state index in [1.165, 1.54) is 18.2 Å². The van der Waals surface area contributed by atoms with Crippen molar-refractivity contribution in [2.24, 2.45) is 5.73 Å². The van der Waals surface area contributed by atoms with E-state index in [1.807, 2.05) is 18.2 Å². The summed E-state index contributed by atoms with van der Waals surface area (Å²) in [5.74, 6) is 0.644. The zero-order chi connectivity index (χ0) is 18.0. The summed E-state index contributed by atoms with van der Waals surface area (Å²) in [6.45, 7) is 0.335. The maximum Gasteiger partial charge on any atom is 0.293 e. The first-order valence-corrected chi connectivity index (χ1v) is 7.63. The second-order valence-electron chi connectivity index (χ2n) is 5.66. The average Bonchev–Trinajstić information content (AvgIpc) is 2.60. The van der Waals surface area contributed by atoms with E-state index in [4.69, 9.17) is 15.2 Å². The minimum Gasteiger partial charge on any atom is -0.493 e. The number of nitrogens with one attached hydrogen (secondary N) is 1. The van der Waals surface area contributed by atoms with Crippen LogP contribution in [0.5, 0.6) is 11.5 Å². The summed E-state index contributed by atoms with van der Waals surface area (Å²) < 4.78 is 11.0. The van der Waals surface area contributed by atoms with Crippen LogP contribution in [-0.2, 0) is 6.42 Å². The molecule has 3 rings (SSSR count). The fraction of sp³-hybridized carbons (Fsp3) is 0.235. The lowest BCUT2D eigenvalue weighted by Crippen LogP contribution is -2.33. The van der Waals surface area contributed by atoms with Gasteiger partial charge in [-0.2, -0.15) is 0 Å². The SMILES string of the molecule is COc1cccc2c1OC[C@H](Nc1ccc(C(N)=O)cc1[N+](=O)[O-])C2. The van der Waals surface area contributed by atoms with Gasteiger partial charge in [-0.15, -0.1) is 0 Å². The van der Waals surface area contributed by atoms with Crippen molar-refractivity contribution < 1.29 is 19.2 Å². The standard InChI is InChI=1S/C17H17N3O5/c1-24-15-4-2-3-10-7-12(9-25-16(10)15)19-13-6-5-11(17(18)21)8-14(13)20(22)23/h2-6,8,12,19H,7,9H2,1H3,(H2,18,21)/t12-/m1/s1. The Morgan fingerprint density at radius 3 is 2.88 bits per heavy atom. The number of amides is 1. The molecule has 0 bridgehead atoms. The first-order chi connectivity index (χ1) is 12.0. The largest absolute Gasteiger partial charge is 0.493 e. The van der Waals surface area contributed by atoms with Crippen LogP contribution in [0.15, 0.2) is 36.4 Å². The van der Waals surface area contributed by atoms with Gasteiger partial charge in [0, 0.05) is 17.2 Å². The lowest BCUT2D eigenvalue weighted by molar-refractivity contribution is -0.384. The number of primary amides is 1. The molecule has 8 nitrogen and oxygen atoms in total. The van der Waals surface area contributed by atoms with E-state index in [2.05, 4.69) is 5.32 Å². The van der Waals surface area contributed by atoms with Gasteiger partial charge in [0.1, 0.15) is 12.3 Å². The van der Waals surface area contributed by atoms with Crippen LogP contribution in [0.3, 0.4) is 0 Å². The molecule has 2 aromatic carbocycles. The number of benzene rings is 2. The maximum absolute atomic E-state index is 11.3. The molecule has 0 fully saturated rings. The first-order valence-electron chi connectivity index (χ1n) is 7.63. The summed E-state index contributed by atoms with van der Waals surface area (Å²) >= 11 is 0. The Morgan fingerprint density at radius 1 is 1.40 bits per heavy atom. The number of nitrogens with two attached hydrogens (primary N) is 1. The van der Waals surface area contributed by atoms with Crippen molar-refractivity contribution >= 4 is 17.3 Å². The zero-order valence-electron chi connectivity index (χ0n) is 13.5. The van der Waals surface area contributed by atoms with Crippen molar-refractivity contribution in [2.75, 3.05) is 19.0 Å². The van der Waals surface area contributed by atoms with Crippen molar-refractivity contribution in [1.82, 2.24) is 0 Å². The number of nitro groups is 1. The summed E-state index contributed by atoms with van der Waals surface area (Å²) in [7, 11) is 1.58. The second kappa shape index (κ2) is 6.68. The van der Waals surface area contributed by atoms with Crippen molar-refractivity contribution in [3.63, 3.8) is 0 Å². The van der Waals surface area contributed by atoms with Crippen molar-refractivity contribution in [3.8, 4) is 11.5 Å². The van der Waals surface area contributed by atoms with Crippen molar-refractivity contribution in [3.05, 3.63) is 57.6 Å². The van der Waals surface area contributed by atoms with Crippen LogP contribution in [0.4, 0.5) is 11.4 Å². The molecule has 130 valence electrons. The number of ether oxygens (including phenoxy) is 2. The average molecular weight is 343 g/mol. The van der Waals surface area contributed by atoms with Gasteiger partial charge in [0.2, 0.25) is 5.91 Å². The Balaban J connectivity index is 1.84. The highest BCUT2D eigenvalue weighted by Gasteiger charge is 2.25. The molecule has 1 amide bonds. The molecular weight excluding hydrogens is 326 g/mol. The summed E-state index contributed by atoms with van der Waals surface area (Å²) in [5, 5.41) is 14.4. The van der Waals surface area contributed by atoms with Crippen LogP contribution in [0.1, 0.15) is 15.9 Å². The molecule has 0 aliphatic carbocycles. The monoisotopic (exact) mass is 343 g/mol. The molecule has 1 atom stereocenters. The normalized spacial score (nSPS) is 15.6. The van der Waals surface area contributed by atoms with E-state index in [-0.39, 0.29) is 17.3 Å². The summed E-state index contributed by atoms with van der Waals surface area (Å²) in [6, 6.07) is 9.57. The molecule has 1 aliphatic rings. The maximum atomic E-state index is 11.3. The summed E-state index contributed by atoms with van der Waals surface area (Å²) in [6.07, 6.45) is 0.626. The second-order valence-corrected chi connectivity index (χ2v) is 5.66. The van der Waals surface area contributed by atoms with Gasteiger partial charge in [-0.3, -0.25) is 14.9 Å². The number of carbonyl (C=O) groups is 1. The van der Waals surface area contributed by atoms with Crippen LogP contribution >= 0.6 is 0 Å². The van der Waals surface area contributed by atoms with E-state index in [0.29, 0.717) is 30.2 Å². The lowest BCUT2D eigenvalue weighted by Gasteiger charge is -2.27. The molecule has 0 unspecified atom stereocenters. The van der Waals surface area contributed by atoms with Crippen LogP contribution in [-0.4, -0.2) is 30.6 Å². The topological polar surface area (TPSA) is 117 Å². The number of methoxy groups -OCH3 is 1. The van der Waals surface area contributed by atoms with Gasteiger partial charge >= 0.3 is 0 Å².